The van der Waals surface area contributed by atoms with E-state index in [9.17, 15) is 5.11 Å². The number of pyridine rings is 2. The van der Waals surface area contributed by atoms with E-state index in [4.69, 9.17) is 4.74 Å². The number of aliphatic hydroxyl groups is 1. The van der Waals surface area contributed by atoms with Gasteiger partial charge in [-0.15, -0.1) is 0 Å². The summed E-state index contributed by atoms with van der Waals surface area (Å²) in [5.41, 5.74) is 0.754. The van der Waals surface area contributed by atoms with E-state index in [2.05, 4.69) is 25.9 Å². The van der Waals surface area contributed by atoms with Crippen LogP contribution in [0, 0.1) is 0 Å². The molecular weight excluding hydrogens is 284 g/mol. The van der Waals surface area contributed by atoms with Gasteiger partial charge in [0.15, 0.2) is 0 Å². The van der Waals surface area contributed by atoms with E-state index in [1.807, 2.05) is 0 Å². The first kappa shape index (κ1) is 12.0. The first-order valence-corrected chi connectivity index (χ1v) is 5.87. The van der Waals surface area contributed by atoms with Gasteiger partial charge in [-0.2, -0.15) is 0 Å². The molecule has 0 spiro atoms. The molecule has 0 aliphatic rings. The lowest BCUT2D eigenvalue weighted by Crippen LogP contribution is -1.93. The maximum atomic E-state index is 9.34. The number of nitrogens with zero attached hydrogens (tertiary/aromatic N) is 2. The SMILES string of the molecule is C[C@@H](O)c1ccc(Oc2cncc(Br)c2)nc1. The van der Waals surface area contributed by atoms with Crippen LogP contribution in [0.4, 0.5) is 0 Å². The number of aromatic nitrogens is 2. The number of rotatable bonds is 3. The third-order valence-electron chi connectivity index (χ3n) is 2.14. The van der Waals surface area contributed by atoms with Gasteiger partial charge in [-0.1, -0.05) is 0 Å². The molecule has 17 heavy (non-hydrogen) atoms. The van der Waals surface area contributed by atoms with Gasteiger partial charge in [-0.25, -0.2) is 4.98 Å². The monoisotopic (exact) mass is 294 g/mol. The highest BCUT2D eigenvalue weighted by Crippen LogP contribution is 2.22. The molecule has 5 heteroatoms. The number of ether oxygens (including phenoxy) is 1. The van der Waals surface area contributed by atoms with Crippen molar-refractivity contribution in [3.05, 3.63) is 46.8 Å². The quantitative estimate of drug-likeness (QED) is 0.945. The Morgan fingerprint density at radius 3 is 2.71 bits per heavy atom. The number of hydrogen-bond acceptors (Lipinski definition) is 4. The van der Waals surface area contributed by atoms with Crippen molar-refractivity contribution in [2.75, 3.05) is 0 Å². The van der Waals surface area contributed by atoms with Crippen molar-refractivity contribution in [1.29, 1.82) is 0 Å². The third kappa shape index (κ3) is 3.25. The average Bonchev–Trinajstić information content (AvgIpc) is 2.29. The van der Waals surface area contributed by atoms with Gasteiger partial charge in [0.2, 0.25) is 5.88 Å². The van der Waals surface area contributed by atoms with Crippen molar-refractivity contribution in [2.45, 2.75) is 13.0 Å². The molecule has 1 N–H and O–H groups in total. The lowest BCUT2D eigenvalue weighted by Gasteiger charge is -2.06. The van der Waals surface area contributed by atoms with Gasteiger partial charge in [0.05, 0.1) is 12.3 Å². The first-order chi connectivity index (χ1) is 8.15. The second kappa shape index (κ2) is 5.25. The highest BCUT2D eigenvalue weighted by molar-refractivity contribution is 9.10. The molecule has 4 nitrogen and oxygen atoms in total. The van der Waals surface area contributed by atoms with Crippen LogP contribution >= 0.6 is 15.9 Å². The molecule has 0 aliphatic heterocycles. The predicted octanol–water partition coefficient (Wildman–Crippen LogP) is 3.08. The zero-order chi connectivity index (χ0) is 12.3. The molecule has 0 fully saturated rings. The van der Waals surface area contributed by atoms with Gasteiger partial charge in [0, 0.05) is 22.9 Å². The molecule has 0 aliphatic carbocycles. The molecule has 0 amide bonds. The Morgan fingerprint density at radius 1 is 1.29 bits per heavy atom. The Bertz CT molecular complexity index is 500. The zero-order valence-electron chi connectivity index (χ0n) is 9.17. The summed E-state index contributed by atoms with van der Waals surface area (Å²) < 4.78 is 6.35. The second-order valence-corrected chi connectivity index (χ2v) is 4.46. The molecule has 0 unspecified atom stereocenters. The minimum atomic E-state index is -0.524. The summed E-state index contributed by atoms with van der Waals surface area (Å²) in [6.07, 6.45) is 4.35. The molecule has 2 aromatic heterocycles. The summed E-state index contributed by atoms with van der Waals surface area (Å²) in [6.45, 7) is 1.69. The molecule has 0 aromatic carbocycles. The van der Waals surface area contributed by atoms with Crippen molar-refractivity contribution in [2.24, 2.45) is 0 Å². The van der Waals surface area contributed by atoms with E-state index in [0.29, 0.717) is 11.6 Å². The lowest BCUT2D eigenvalue weighted by molar-refractivity contribution is 0.198. The minimum Gasteiger partial charge on any atom is -0.437 e. The standard InChI is InChI=1S/C12H11BrN2O2/c1-8(16)9-2-3-12(15-5-9)17-11-4-10(13)6-14-7-11/h2-8,16H,1H3/t8-/m1/s1. The van der Waals surface area contributed by atoms with Crippen LogP contribution in [0.5, 0.6) is 11.6 Å². The summed E-state index contributed by atoms with van der Waals surface area (Å²) in [7, 11) is 0. The fourth-order valence-electron chi connectivity index (χ4n) is 1.27. The Balaban J connectivity index is 2.14. The minimum absolute atomic E-state index is 0.467. The van der Waals surface area contributed by atoms with E-state index in [-0.39, 0.29) is 0 Å². The summed E-state index contributed by atoms with van der Waals surface area (Å²) in [4.78, 5) is 8.09. The van der Waals surface area contributed by atoms with Gasteiger partial charge < -0.3 is 9.84 Å². The normalized spacial score (nSPS) is 12.2. The summed E-state index contributed by atoms with van der Waals surface area (Å²) >= 11 is 3.31. The van der Waals surface area contributed by atoms with Crippen LogP contribution in [0.2, 0.25) is 0 Å². The van der Waals surface area contributed by atoms with Gasteiger partial charge in [0.25, 0.3) is 0 Å². The van der Waals surface area contributed by atoms with Crippen molar-refractivity contribution in [3.8, 4) is 11.6 Å². The van der Waals surface area contributed by atoms with Gasteiger partial charge in [-0.05, 0) is 40.5 Å². The molecule has 2 rings (SSSR count). The Kier molecular flexibility index (Phi) is 3.71. The molecule has 2 heterocycles. The van der Waals surface area contributed by atoms with Crippen LogP contribution in [0.1, 0.15) is 18.6 Å². The molecule has 0 saturated carbocycles. The molecule has 0 saturated heterocycles. The first-order valence-electron chi connectivity index (χ1n) is 5.07. The molecule has 0 radical (unpaired) electrons. The second-order valence-electron chi connectivity index (χ2n) is 3.55. The highest BCUT2D eigenvalue weighted by atomic mass is 79.9. The van der Waals surface area contributed by atoms with Gasteiger partial charge >= 0.3 is 0 Å². The van der Waals surface area contributed by atoms with Crippen molar-refractivity contribution < 1.29 is 9.84 Å². The number of halogens is 1. The molecule has 2 aromatic rings. The van der Waals surface area contributed by atoms with Crippen molar-refractivity contribution >= 4 is 15.9 Å². The van der Waals surface area contributed by atoms with Crippen LogP contribution in [-0.4, -0.2) is 15.1 Å². The van der Waals surface area contributed by atoms with Crippen molar-refractivity contribution in [3.63, 3.8) is 0 Å². The Morgan fingerprint density at radius 2 is 2.12 bits per heavy atom. The topological polar surface area (TPSA) is 55.2 Å². The fourth-order valence-corrected chi connectivity index (χ4v) is 1.61. The van der Waals surface area contributed by atoms with Crippen LogP contribution in [0.25, 0.3) is 0 Å². The van der Waals surface area contributed by atoms with Gasteiger partial charge in [0.1, 0.15) is 5.75 Å². The van der Waals surface area contributed by atoms with E-state index < -0.39 is 6.10 Å². The van der Waals surface area contributed by atoms with E-state index in [1.54, 1.807) is 43.7 Å². The number of aliphatic hydroxyl groups excluding tert-OH is 1. The summed E-state index contributed by atoms with van der Waals surface area (Å²) in [6, 6.07) is 5.29. The average molecular weight is 295 g/mol. The van der Waals surface area contributed by atoms with Crippen molar-refractivity contribution in [1.82, 2.24) is 9.97 Å². The fraction of sp³-hybridized carbons (Fsp3) is 0.167. The predicted molar refractivity (Wildman–Crippen MR) is 66.9 cm³/mol. The zero-order valence-corrected chi connectivity index (χ0v) is 10.8. The maximum absolute atomic E-state index is 9.34. The number of hydrogen-bond donors (Lipinski definition) is 1. The smallest absolute Gasteiger partial charge is 0.219 e. The van der Waals surface area contributed by atoms with Crippen LogP contribution in [-0.2, 0) is 0 Å². The third-order valence-corrected chi connectivity index (χ3v) is 2.58. The molecule has 0 bridgehead atoms. The van der Waals surface area contributed by atoms with E-state index in [0.717, 1.165) is 10.0 Å². The Labute approximate surface area is 107 Å². The van der Waals surface area contributed by atoms with Crippen LogP contribution in [0.15, 0.2) is 41.3 Å². The highest BCUT2D eigenvalue weighted by Gasteiger charge is 2.03. The molecule has 88 valence electrons. The largest absolute Gasteiger partial charge is 0.437 e. The van der Waals surface area contributed by atoms with E-state index in [1.165, 1.54) is 0 Å². The lowest BCUT2D eigenvalue weighted by atomic mass is 10.2. The maximum Gasteiger partial charge on any atom is 0.219 e. The molecular formula is C12H11BrN2O2. The Hall–Kier alpha value is -1.46. The van der Waals surface area contributed by atoms with Crippen LogP contribution < -0.4 is 4.74 Å². The van der Waals surface area contributed by atoms with Gasteiger partial charge in [-0.3, -0.25) is 4.98 Å². The summed E-state index contributed by atoms with van der Waals surface area (Å²) in [5.74, 6) is 1.07. The van der Waals surface area contributed by atoms with Crippen LogP contribution in [0.3, 0.4) is 0 Å². The molecule has 1 atom stereocenters. The summed E-state index contributed by atoms with van der Waals surface area (Å²) in [5, 5.41) is 9.34. The van der Waals surface area contributed by atoms with E-state index >= 15 is 0 Å².